The zero-order valence-corrected chi connectivity index (χ0v) is 12.7. The van der Waals surface area contributed by atoms with E-state index in [2.05, 4.69) is 5.10 Å². The summed E-state index contributed by atoms with van der Waals surface area (Å²) in [7, 11) is 1.55. The van der Waals surface area contributed by atoms with Gasteiger partial charge in [0.15, 0.2) is 0 Å². The molecule has 7 nitrogen and oxygen atoms in total. The number of hydrogen-bond donors (Lipinski definition) is 1. The molecule has 2 N–H and O–H groups in total. The van der Waals surface area contributed by atoms with Gasteiger partial charge in [0.2, 0.25) is 11.8 Å². The van der Waals surface area contributed by atoms with Crippen molar-refractivity contribution < 1.29 is 14.3 Å². The van der Waals surface area contributed by atoms with Crippen molar-refractivity contribution >= 4 is 23.4 Å². The molecule has 116 valence electrons. The molecule has 1 aromatic heterocycles. The van der Waals surface area contributed by atoms with Crippen LogP contribution in [0.1, 0.15) is 19.3 Å². The number of carbonyl (C=O) groups excluding carboxylic acids is 2. The number of halogens is 1. The van der Waals surface area contributed by atoms with E-state index in [1.165, 1.54) is 10.9 Å². The van der Waals surface area contributed by atoms with Crippen LogP contribution in [0.2, 0.25) is 5.02 Å². The Balaban J connectivity index is 2.14. The van der Waals surface area contributed by atoms with Gasteiger partial charge in [-0.2, -0.15) is 5.10 Å². The molecule has 1 fully saturated rings. The SMILES string of the molecule is COC[C@]1(CC(N)=O)CCCN1C(=O)Cn1cc(Cl)cn1. The Labute approximate surface area is 128 Å². The minimum atomic E-state index is -0.644. The summed E-state index contributed by atoms with van der Waals surface area (Å²) < 4.78 is 6.70. The molecule has 2 heterocycles. The Morgan fingerprint density at radius 2 is 2.33 bits per heavy atom. The van der Waals surface area contributed by atoms with Crippen LogP contribution in [0.25, 0.3) is 0 Å². The van der Waals surface area contributed by atoms with E-state index in [0.29, 0.717) is 24.6 Å². The van der Waals surface area contributed by atoms with Crippen molar-refractivity contribution in [2.24, 2.45) is 5.73 Å². The van der Waals surface area contributed by atoms with Crippen LogP contribution in [0.5, 0.6) is 0 Å². The monoisotopic (exact) mass is 314 g/mol. The summed E-state index contributed by atoms with van der Waals surface area (Å²) in [6, 6.07) is 0. The van der Waals surface area contributed by atoms with Gasteiger partial charge < -0.3 is 15.4 Å². The number of ether oxygens (including phenoxy) is 1. The van der Waals surface area contributed by atoms with Gasteiger partial charge in [0.25, 0.3) is 0 Å². The van der Waals surface area contributed by atoms with Crippen molar-refractivity contribution in [3.8, 4) is 0 Å². The second-order valence-electron chi connectivity index (χ2n) is 5.31. The van der Waals surface area contributed by atoms with Gasteiger partial charge in [0, 0.05) is 19.9 Å². The van der Waals surface area contributed by atoms with Crippen molar-refractivity contribution in [1.82, 2.24) is 14.7 Å². The number of nitrogens with two attached hydrogens (primary N) is 1. The fourth-order valence-corrected chi connectivity index (χ4v) is 3.11. The molecule has 0 aromatic carbocycles. The fraction of sp³-hybridized carbons (Fsp3) is 0.615. The van der Waals surface area contributed by atoms with E-state index in [0.717, 1.165) is 6.42 Å². The van der Waals surface area contributed by atoms with Crippen molar-refractivity contribution in [3.05, 3.63) is 17.4 Å². The van der Waals surface area contributed by atoms with Crippen LogP contribution in [0.3, 0.4) is 0 Å². The van der Waals surface area contributed by atoms with Crippen LogP contribution in [0.15, 0.2) is 12.4 Å². The Kier molecular flexibility index (Phi) is 4.84. The molecule has 0 unspecified atom stereocenters. The van der Waals surface area contributed by atoms with E-state index in [1.807, 2.05) is 0 Å². The van der Waals surface area contributed by atoms with Crippen molar-refractivity contribution in [2.75, 3.05) is 20.3 Å². The van der Waals surface area contributed by atoms with Gasteiger partial charge in [-0.05, 0) is 12.8 Å². The van der Waals surface area contributed by atoms with Gasteiger partial charge in [-0.3, -0.25) is 14.3 Å². The number of likely N-dealkylation sites (tertiary alicyclic amines) is 1. The second-order valence-corrected chi connectivity index (χ2v) is 5.74. The highest BCUT2D eigenvalue weighted by Gasteiger charge is 2.44. The maximum absolute atomic E-state index is 12.5. The molecule has 0 saturated carbocycles. The third-order valence-corrected chi connectivity index (χ3v) is 3.91. The molecule has 1 aliphatic rings. The van der Waals surface area contributed by atoms with E-state index in [1.54, 1.807) is 18.2 Å². The van der Waals surface area contributed by atoms with Crippen LogP contribution < -0.4 is 5.73 Å². The summed E-state index contributed by atoms with van der Waals surface area (Å²) in [6.07, 6.45) is 4.69. The van der Waals surface area contributed by atoms with Crippen LogP contribution in [0.4, 0.5) is 0 Å². The molecule has 1 aliphatic heterocycles. The normalized spacial score (nSPS) is 21.7. The van der Waals surface area contributed by atoms with Gasteiger partial charge in [0.05, 0.1) is 29.8 Å². The van der Waals surface area contributed by atoms with Gasteiger partial charge in [-0.15, -0.1) is 0 Å². The largest absolute Gasteiger partial charge is 0.382 e. The zero-order chi connectivity index (χ0) is 15.5. The molecule has 2 rings (SSSR count). The Bertz CT molecular complexity index is 533. The Hall–Kier alpha value is -1.60. The molecule has 1 aromatic rings. The Morgan fingerprint density at radius 1 is 1.57 bits per heavy atom. The van der Waals surface area contributed by atoms with E-state index in [-0.39, 0.29) is 18.9 Å². The first kappa shape index (κ1) is 15.8. The molecular formula is C13H19ClN4O3. The summed E-state index contributed by atoms with van der Waals surface area (Å²) >= 11 is 5.79. The maximum atomic E-state index is 12.5. The highest BCUT2D eigenvalue weighted by atomic mass is 35.5. The predicted octanol–water partition coefficient (Wildman–Crippen LogP) is 0.419. The predicted molar refractivity (Wildman–Crippen MR) is 76.6 cm³/mol. The van der Waals surface area contributed by atoms with Crippen LogP contribution in [-0.2, 0) is 20.9 Å². The van der Waals surface area contributed by atoms with E-state index in [4.69, 9.17) is 22.1 Å². The van der Waals surface area contributed by atoms with Crippen molar-refractivity contribution in [3.63, 3.8) is 0 Å². The summed E-state index contributed by atoms with van der Waals surface area (Å²) in [6.45, 7) is 0.961. The first-order valence-electron chi connectivity index (χ1n) is 6.72. The lowest BCUT2D eigenvalue weighted by molar-refractivity contribution is -0.140. The van der Waals surface area contributed by atoms with Crippen LogP contribution in [-0.4, -0.2) is 52.3 Å². The average molecular weight is 315 g/mol. The fourth-order valence-electron chi connectivity index (χ4n) is 2.95. The van der Waals surface area contributed by atoms with Gasteiger partial charge in [0.1, 0.15) is 6.54 Å². The number of amides is 2. The number of methoxy groups -OCH3 is 1. The zero-order valence-electron chi connectivity index (χ0n) is 11.9. The van der Waals surface area contributed by atoms with Gasteiger partial charge >= 0.3 is 0 Å². The minimum Gasteiger partial charge on any atom is -0.382 e. The molecule has 0 aliphatic carbocycles. The first-order chi connectivity index (χ1) is 9.97. The maximum Gasteiger partial charge on any atom is 0.244 e. The van der Waals surface area contributed by atoms with Crippen LogP contribution >= 0.6 is 11.6 Å². The lowest BCUT2D eigenvalue weighted by atomic mass is 9.92. The summed E-state index contributed by atoms with van der Waals surface area (Å²) in [4.78, 5) is 25.6. The van der Waals surface area contributed by atoms with Crippen molar-refractivity contribution in [1.29, 1.82) is 0 Å². The molecule has 1 saturated heterocycles. The number of hydrogen-bond acceptors (Lipinski definition) is 4. The third kappa shape index (κ3) is 3.54. The molecule has 21 heavy (non-hydrogen) atoms. The lowest BCUT2D eigenvalue weighted by Gasteiger charge is -2.37. The van der Waals surface area contributed by atoms with E-state index in [9.17, 15) is 9.59 Å². The molecule has 8 heteroatoms. The number of nitrogens with zero attached hydrogens (tertiary/aromatic N) is 3. The highest BCUT2D eigenvalue weighted by Crippen LogP contribution is 2.33. The standard InChI is InChI=1S/C13H19ClN4O3/c1-21-9-13(5-11(15)19)3-2-4-18(13)12(20)8-17-7-10(14)6-16-17/h6-7H,2-5,8-9H2,1H3,(H2,15,19)/t13-/m1/s1. The lowest BCUT2D eigenvalue weighted by Crippen LogP contribution is -2.53. The first-order valence-corrected chi connectivity index (χ1v) is 7.10. The molecule has 0 bridgehead atoms. The molecule has 0 radical (unpaired) electrons. The van der Waals surface area contributed by atoms with Crippen molar-refractivity contribution in [2.45, 2.75) is 31.3 Å². The highest BCUT2D eigenvalue weighted by molar-refractivity contribution is 6.30. The second kappa shape index (κ2) is 6.44. The molecule has 2 amide bonds. The quantitative estimate of drug-likeness (QED) is 0.824. The topological polar surface area (TPSA) is 90.5 Å². The number of rotatable bonds is 6. The van der Waals surface area contributed by atoms with E-state index >= 15 is 0 Å². The van der Waals surface area contributed by atoms with Crippen LogP contribution in [0, 0.1) is 0 Å². The summed E-state index contributed by atoms with van der Waals surface area (Å²) in [5.74, 6) is -0.556. The van der Waals surface area contributed by atoms with Gasteiger partial charge in [-0.25, -0.2) is 0 Å². The molecule has 0 spiro atoms. The average Bonchev–Trinajstić information content (AvgIpc) is 2.96. The smallest absolute Gasteiger partial charge is 0.244 e. The summed E-state index contributed by atoms with van der Waals surface area (Å²) in [5, 5.41) is 4.47. The number of carbonyl (C=O) groups is 2. The molecular weight excluding hydrogens is 296 g/mol. The third-order valence-electron chi connectivity index (χ3n) is 3.71. The molecule has 1 atom stereocenters. The van der Waals surface area contributed by atoms with Gasteiger partial charge in [-0.1, -0.05) is 11.6 Å². The summed E-state index contributed by atoms with van der Waals surface area (Å²) in [5.41, 5.74) is 4.69. The number of primary amides is 1. The number of aromatic nitrogens is 2. The minimum absolute atomic E-state index is 0.0803. The Morgan fingerprint density at radius 3 is 2.90 bits per heavy atom. The van der Waals surface area contributed by atoms with E-state index < -0.39 is 11.4 Å².